The van der Waals surface area contributed by atoms with E-state index in [1.54, 1.807) is 42.5 Å². The van der Waals surface area contributed by atoms with E-state index < -0.39 is 23.5 Å². The minimum Gasteiger partial charge on any atom is -0.868 e. The summed E-state index contributed by atoms with van der Waals surface area (Å²) in [6.07, 6.45) is 0. The van der Waals surface area contributed by atoms with Crippen LogP contribution in [-0.2, 0) is 9.53 Å². The second-order valence-electron chi connectivity index (χ2n) is 9.18. The Kier molecular flexibility index (Phi) is 7.26. The van der Waals surface area contributed by atoms with Crippen molar-refractivity contribution in [1.82, 2.24) is 4.90 Å². The zero-order valence-corrected chi connectivity index (χ0v) is 21.6. The van der Waals surface area contributed by atoms with Gasteiger partial charge in [0.15, 0.2) is 17.1 Å². The highest BCUT2D eigenvalue weighted by Gasteiger charge is 2.42. The molecule has 10 heteroatoms. The van der Waals surface area contributed by atoms with E-state index in [-0.39, 0.29) is 17.9 Å². The molecule has 1 saturated heterocycles. The molecule has 1 N–H and O–H groups in total. The lowest BCUT2D eigenvalue weighted by Gasteiger charge is -2.31. The standard InChI is InChI=1S/C28H30N2O8/c1-34-18-7-8-20(35-2)19(16-18)24-23(25(31)22-15-17-5-4-6-21(36-3)27(17)38-22)26(32)28(33)30(24)10-9-29-11-13-37-14-12-29/h4-8,15-16,24,32H,9-14H2,1-3H3. The summed E-state index contributed by atoms with van der Waals surface area (Å²) in [4.78, 5) is 30.0. The van der Waals surface area contributed by atoms with Crippen LogP contribution in [0.15, 0.2) is 58.2 Å². The fourth-order valence-electron chi connectivity index (χ4n) is 5.11. The van der Waals surface area contributed by atoms with E-state index in [1.165, 1.54) is 31.1 Å². The van der Waals surface area contributed by atoms with Gasteiger partial charge in [-0.1, -0.05) is 12.1 Å². The van der Waals surface area contributed by atoms with E-state index in [1.807, 2.05) is 0 Å². The second kappa shape index (κ2) is 10.8. The lowest BCUT2D eigenvalue weighted by Crippen LogP contribution is -3.14. The first-order chi connectivity index (χ1) is 18.5. The van der Waals surface area contributed by atoms with Crippen LogP contribution in [0.4, 0.5) is 0 Å². The number of benzene rings is 2. The summed E-state index contributed by atoms with van der Waals surface area (Å²) < 4.78 is 27.7. The number of furan rings is 1. The van der Waals surface area contributed by atoms with Gasteiger partial charge in [0.05, 0.1) is 53.7 Å². The summed E-state index contributed by atoms with van der Waals surface area (Å²) in [7, 11) is 4.53. The number of ketones is 1. The molecule has 0 saturated carbocycles. The highest BCUT2D eigenvalue weighted by molar-refractivity contribution is 6.16. The number of rotatable bonds is 9. The Morgan fingerprint density at radius 3 is 2.53 bits per heavy atom. The van der Waals surface area contributed by atoms with Gasteiger partial charge < -0.3 is 38.3 Å². The molecule has 0 bridgehead atoms. The quantitative estimate of drug-likeness (QED) is 0.410. The van der Waals surface area contributed by atoms with Gasteiger partial charge in [-0.05, 0) is 36.1 Å². The van der Waals surface area contributed by atoms with E-state index in [2.05, 4.69) is 0 Å². The van der Waals surface area contributed by atoms with Gasteiger partial charge in [-0.3, -0.25) is 9.59 Å². The fraction of sp³-hybridized carbons (Fsp3) is 0.357. The van der Waals surface area contributed by atoms with Crippen molar-refractivity contribution < 1.29 is 43.0 Å². The largest absolute Gasteiger partial charge is 0.868 e. The molecule has 2 aromatic carbocycles. The van der Waals surface area contributed by atoms with Crippen LogP contribution in [0, 0.1) is 0 Å². The van der Waals surface area contributed by atoms with Gasteiger partial charge in [-0.2, -0.15) is 0 Å². The average molecular weight is 523 g/mol. The van der Waals surface area contributed by atoms with Gasteiger partial charge in [-0.25, -0.2) is 0 Å². The Labute approximate surface area is 219 Å². The van der Waals surface area contributed by atoms with Crippen molar-refractivity contribution in [3.63, 3.8) is 0 Å². The Balaban J connectivity index is 1.58. The Morgan fingerprint density at radius 2 is 1.82 bits per heavy atom. The molecule has 0 spiro atoms. The lowest BCUT2D eigenvalue weighted by atomic mass is 9.94. The summed E-state index contributed by atoms with van der Waals surface area (Å²) in [6.45, 7) is 3.77. The molecule has 5 rings (SSSR count). The summed E-state index contributed by atoms with van der Waals surface area (Å²) in [5.41, 5.74) is 0.690. The molecular formula is C28H30N2O8. The molecule has 200 valence electrons. The van der Waals surface area contributed by atoms with E-state index in [0.717, 1.165) is 13.1 Å². The third-order valence-corrected chi connectivity index (χ3v) is 7.12. The molecule has 10 nitrogen and oxygen atoms in total. The predicted molar refractivity (Wildman–Crippen MR) is 135 cm³/mol. The van der Waals surface area contributed by atoms with Gasteiger partial charge in [0.1, 0.15) is 24.6 Å². The first-order valence-corrected chi connectivity index (χ1v) is 12.4. The number of carbonyl (C=O) groups is 2. The van der Waals surface area contributed by atoms with Crippen LogP contribution < -0.4 is 24.2 Å². The van der Waals surface area contributed by atoms with E-state index in [9.17, 15) is 14.7 Å². The van der Waals surface area contributed by atoms with E-state index in [4.69, 9.17) is 23.4 Å². The maximum absolute atomic E-state index is 13.9. The number of para-hydroxylation sites is 1. The molecule has 3 heterocycles. The van der Waals surface area contributed by atoms with Crippen molar-refractivity contribution in [2.75, 3.05) is 60.7 Å². The number of ether oxygens (including phenoxy) is 4. The topological polar surface area (TPSA) is 115 Å². The number of hydrogen-bond donors (Lipinski definition) is 1. The molecule has 1 aromatic heterocycles. The maximum atomic E-state index is 13.9. The number of hydrogen-bond acceptors (Lipinski definition) is 8. The molecule has 3 aromatic rings. The van der Waals surface area contributed by atoms with Crippen LogP contribution in [0.2, 0.25) is 0 Å². The molecule has 0 aliphatic carbocycles. The minimum absolute atomic E-state index is 0.0480. The molecule has 1 unspecified atom stereocenters. The molecular weight excluding hydrogens is 492 g/mol. The van der Waals surface area contributed by atoms with Gasteiger partial charge in [0.2, 0.25) is 11.7 Å². The normalized spacial score (nSPS) is 18.3. The average Bonchev–Trinajstić information content (AvgIpc) is 3.50. The van der Waals surface area contributed by atoms with Crippen molar-refractivity contribution in [2.45, 2.75) is 6.04 Å². The number of nitrogens with zero attached hydrogens (tertiary/aromatic N) is 1. The van der Waals surface area contributed by atoms with Crippen molar-refractivity contribution in [2.24, 2.45) is 0 Å². The number of methoxy groups -OCH3 is 3. The number of amides is 1. The molecule has 2 aliphatic heterocycles. The smallest absolute Gasteiger partial charge is 0.240 e. The van der Waals surface area contributed by atoms with Crippen LogP contribution >= 0.6 is 0 Å². The summed E-state index contributed by atoms with van der Waals surface area (Å²) in [5.74, 6) is -0.892. The number of morpholine rings is 1. The second-order valence-corrected chi connectivity index (χ2v) is 9.18. The zero-order chi connectivity index (χ0) is 26.8. The summed E-state index contributed by atoms with van der Waals surface area (Å²) >= 11 is 0. The molecule has 1 fully saturated rings. The van der Waals surface area contributed by atoms with Crippen molar-refractivity contribution in [3.05, 3.63) is 65.1 Å². The van der Waals surface area contributed by atoms with Crippen molar-refractivity contribution in [3.8, 4) is 17.2 Å². The number of carbonyl (C=O) groups excluding carboxylic acids is 2. The van der Waals surface area contributed by atoms with E-state index >= 15 is 0 Å². The third-order valence-electron chi connectivity index (χ3n) is 7.12. The van der Waals surface area contributed by atoms with Crippen molar-refractivity contribution in [1.29, 1.82) is 0 Å². The Bertz CT molecular complexity index is 1390. The van der Waals surface area contributed by atoms with Gasteiger partial charge in [0, 0.05) is 16.5 Å². The van der Waals surface area contributed by atoms with Gasteiger partial charge in [0.25, 0.3) is 0 Å². The Hall–Kier alpha value is -4.02. The van der Waals surface area contributed by atoms with Crippen LogP contribution in [0.3, 0.4) is 0 Å². The summed E-state index contributed by atoms with van der Waals surface area (Å²) in [6, 6.07) is 11.0. The first-order valence-electron chi connectivity index (χ1n) is 12.4. The number of nitrogens with one attached hydrogen (secondary N) is 1. The summed E-state index contributed by atoms with van der Waals surface area (Å²) in [5, 5.41) is 14.1. The highest BCUT2D eigenvalue weighted by Crippen LogP contribution is 2.43. The molecule has 1 atom stereocenters. The van der Waals surface area contributed by atoms with Crippen LogP contribution in [0.25, 0.3) is 11.0 Å². The highest BCUT2D eigenvalue weighted by atomic mass is 16.5. The van der Waals surface area contributed by atoms with Crippen molar-refractivity contribution >= 4 is 22.7 Å². The monoisotopic (exact) mass is 522 g/mol. The van der Waals surface area contributed by atoms with Gasteiger partial charge in [-0.15, -0.1) is 0 Å². The fourth-order valence-corrected chi connectivity index (χ4v) is 5.11. The minimum atomic E-state index is -0.969. The SMILES string of the molecule is COc1ccc(OC)c(C2C(C(=O)c3cc4cccc(OC)c4o3)=C([O-])C(=O)N2CC[NH+]2CCOCC2)c1. The number of Topliss-reactive ketones (excluding diaryl/α,β-unsaturated/α-hetero) is 1. The molecule has 38 heavy (non-hydrogen) atoms. The lowest BCUT2D eigenvalue weighted by molar-refractivity contribution is -0.907. The zero-order valence-electron chi connectivity index (χ0n) is 21.6. The molecule has 1 amide bonds. The third kappa shape index (κ3) is 4.57. The molecule has 0 radical (unpaired) electrons. The maximum Gasteiger partial charge on any atom is 0.240 e. The van der Waals surface area contributed by atoms with Crippen LogP contribution in [0.5, 0.6) is 17.2 Å². The first kappa shape index (κ1) is 25.6. The number of quaternary nitrogens is 1. The number of fused-ring (bicyclic) bond motifs is 1. The van der Waals surface area contributed by atoms with Crippen LogP contribution in [0.1, 0.15) is 22.2 Å². The predicted octanol–water partition coefficient (Wildman–Crippen LogP) is 0.754. The van der Waals surface area contributed by atoms with Crippen LogP contribution in [-0.4, -0.2) is 77.3 Å². The Morgan fingerprint density at radius 1 is 1.05 bits per heavy atom. The molecule has 2 aliphatic rings. The van der Waals surface area contributed by atoms with Gasteiger partial charge >= 0.3 is 0 Å². The van der Waals surface area contributed by atoms with E-state index in [0.29, 0.717) is 53.5 Å².